The summed E-state index contributed by atoms with van der Waals surface area (Å²) in [6, 6.07) is 8.59. The van der Waals surface area contributed by atoms with Crippen molar-refractivity contribution in [3.05, 3.63) is 29.8 Å². The molecule has 0 fully saturated rings. The van der Waals surface area contributed by atoms with E-state index < -0.39 is 0 Å². The van der Waals surface area contributed by atoms with Gasteiger partial charge in [-0.05, 0) is 49.1 Å². The van der Waals surface area contributed by atoms with E-state index in [0.717, 1.165) is 49.3 Å². The summed E-state index contributed by atoms with van der Waals surface area (Å²) in [6.07, 6.45) is 22.8. The third-order valence-corrected chi connectivity index (χ3v) is 7.82. The minimum absolute atomic E-state index is 0.0706. The summed E-state index contributed by atoms with van der Waals surface area (Å²) in [5.41, 5.74) is 2.39. The molecule has 0 aliphatic heterocycles. The summed E-state index contributed by atoms with van der Waals surface area (Å²) in [5, 5.41) is 11.4. The topological polar surface area (TPSA) is 62.2 Å². The lowest BCUT2D eigenvalue weighted by molar-refractivity contribution is -0.143. The van der Waals surface area contributed by atoms with Crippen LogP contribution in [0.2, 0.25) is 0 Å². The Morgan fingerprint density at radius 1 is 0.730 bits per heavy atom. The smallest absolute Gasteiger partial charge is 0.306 e. The first kappa shape index (κ1) is 33.5. The van der Waals surface area contributed by atoms with Gasteiger partial charge in [0, 0.05) is 17.9 Å². The molecule has 0 heterocycles. The fourth-order valence-electron chi connectivity index (χ4n) is 4.38. The lowest BCUT2D eigenvalue weighted by atomic mass is 10.0. The first-order valence-corrected chi connectivity index (χ1v) is 16.5. The molecular formula is C32H56N2O2S. The summed E-state index contributed by atoms with van der Waals surface area (Å²) >= 11 is 1.78. The zero-order chi connectivity index (χ0) is 26.8. The molecule has 0 spiro atoms. The number of unbranched alkanes of at least 4 members (excludes halogenated alkanes) is 13. The van der Waals surface area contributed by atoms with E-state index in [1.54, 1.807) is 11.8 Å². The molecule has 0 saturated heterocycles. The Bertz CT molecular complexity index is 678. The molecule has 0 aromatic heterocycles. The molecule has 0 atom stereocenters. The second-order valence-electron chi connectivity index (χ2n) is 10.3. The summed E-state index contributed by atoms with van der Waals surface area (Å²) in [7, 11) is 0. The van der Waals surface area contributed by atoms with E-state index >= 15 is 0 Å². The van der Waals surface area contributed by atoms with Gasteiger partial charge in [0.2, 0.25) is 0 Å². The van der Waals surface area contributed by atoms with Gasteiger partial charge in [-0.2, -0.15) is 11.8 Å². The average Bonchev–Trinajstić information content (AvgIpc) is 2.90. The molecule has 0 bridgehead atoms. The van der Waals surface area contributed by atoms with Crippen LogP contribution in [0.4, 0.5) is 5.69 Å². The van der Waals surface area contributed by atoms with Gasteiger partial charge < -0.3 is 10.1 Å². The number of hydrogen-bond acceptors (Lipinski definition) is 4. The molecule has 0 aliphatic carbocycles. The number of ether oxygens (including phenoxy) is 1. The van der Waals surface area contributed by atoms with Crippen molar-refractivity contribution in [1.29, 1.82) is 5.41 Å². The van der Waals surface area contributed by atoms with E-state index in [9.17, 15) is 4.79 Å². The van der Waals surface area contributed by atoms with Crippen molar-refractivity contribution in [2.75, 3.05) is 23.4 Å². The number of esters is 1. The van der Waals surface area contributed by atoms with Gasteiger partial charge in [0.1, 0.15) is 0 Å². The Labute approximate surface area is 233 Å². The van der Waals surface area contributed by atoms with Crippen molar-refractivity contribution in [3.8, 4) is 0 Å². The highest BCUT2D eigenvalue weighted by atomic mass is 32.2. The largest absolute Gasteiger partial charge is 0.466 e. The summed E-state index contributed by atoms with van der Waals surface area (Å²) in [6.45, 7) is 5.07. The van der Waals surface area contributed by atoms with E-state index in [4.69, 9.17) is 10.1 Å². The van der Waals surface area contributed by atoms with Crippen molar-refractivity contribution in [2.45, 2.75) is 136 Å². The van der Waals surface area contributed by atoms with Crippen molar-refractivity contribution in [1.82, 2.24) is 0 Å². The number of rotatable bonds is 25. The predicted octanol–water partition coefficient (Wildman–Crippen LogP) is 9.96. The maximum Gasteiger partial charge on any atom is 0.306 e. The number of anilines is 1. The third kappa shape index (κ3) is 21.2. The second kappa shape index (κ2) is 24.8. The number of amidine groups is 1. The highest BCUT2D eigenvalue weighted by molar-refractivity contribution is 7.99. The lowest BCUT2D eigenvalue weighted by Crippen LogP contribution is -2.11. The van der Waals surface area contributed by atoms with E-state index in [0.29, 0.717) is 18.9 Å². The third-order valence-electron chi connectivity index (χ3n) is 6.75. The Hall–Kier alpha value is -1.49. The molecule has 1 rings (SSSR count). The molecule has 212 valence electrons. The number of hydrogen-bond donors (Lipinski definition) is 2. The molecular weight excluding hydrogens is 476 g/mol. The fraction of sp³-hybridized carbons (Fsp3) is 0.750. The van der Waals surface area contributed by atoms with E-state index in [1.165, 1.54) is 89.0 Å². The number of carbonyl (C=O) groups excluding carboxylic acids is 1. The van der Waals surface area contributed by atoms with Crippen LogP contribution in [0.1, 0.15) is 135 Å². The van der Waals surface area contributed by atoms with Crippen LogP contribution in [-0.2, 0) is 16.0 Å². The number of nitrogens with one attached hydrogen (secondary N) is 2. The van der Waals surface area contributed by atoms with E-state index in [1.807, 2.05) is 0 Å². The molecule has 5 heteroatoms. The molecule has 0 saturated carbocycles. The molecule has 1 aromatic carbocycles. The zero-order valence-electron chi connectivity index (χ0n) is 24.1. The lowest BCUT2D eigenvalue weighted by Gasteiger charge is -2.09. The Morgan fingerprint density at radius 2 is 1.30 bits per heavy atom. The number of aryl methyl sites for hydroxylation is 1. The SMILES string of the molecule is CCCCCCCCCCc1ccc(NC(=N)CCCSCCC(=O)OCCCCCCCCC)cc1. The Morgan fingerprint density at radius 3 is 1.92 bits per heavy atom. The van der Waals surface area contributed by atoms with Crippen LogP contribution in [-0.4, -0.2) is 29.9 Å². The molecule has 4 nitrogen and oxygen atoms in total. The molecule has 0 amide bonds. The summed E-state index contributed by atoms with van der Waals surface area (Å²) in [5.74, 6) is 2.26. The van der Waals surface area contributed by atoms with Crippen LogP contribution in [0.25, 0.3) is 0 Å². The first-order valence-electron chi connectivity index (χ1n) is 15.3. The van der Waals surface area contributed by atoms with Crippen LogP contribution in [0, 0.1) is 5.41 Å². The standard InChI is InChI=1S/C32H56N2O2S/c1-3-5-7-9-11-12-14-16-19-29-21-23-30(24-22-29)34-31(33)20-18-27-37-28-25-32(35)36-26-17-15-13-10-8-6-4-2/h21-24H,3-20,25-28H2,1-2H3,(H2,33,34). The Kier molecular flexibility index (Phi) is 22.5. The van der Waals surface area contributed by atoms with Gasteiger partial charge in [-0.1, -0.05) is 109 Å². The zero-order valence-corrected chi connectivity index (χ0v) is 24.9. The minimum Gasteiger partial charge on any atom is -0.466 e. The Balaban J connectivity index is 1.97. The molecule has 1 aromatic rings. The van der Waals surface area contributed by atoms with Gasteiger partial charge in [0.15, 0.2) is 0 Å². The first-order chi connectivity index (χ1) is 18.2. The van der Waals surface area contributed by atoms with E-state index in [-0.39, 0.29) is 5.97 Å². The monoisotopic (exact) mass is 532 g/mol. The second-order valence-corrected chi connectivity index (χ2v) is 11.6. The molecule has 2 N–H and O–H groups in total. The van der Waals surface area contributed by atoms with Crippen molar-refractivity contribution >= 4 is 29.3 Å². The van der Waals surface area contributed by atoms with Crippen LogP contribution in [0.3, 0.4) is 0 Å². The van der Waals surface area contributed by atoms with Crippen LogP contribution < -0.4 is 5.32 Å². The summed E-state index contributed by atoms with van der Waals surface area (Å²) < 4.78 is 5.34. The number of carbonyl (C=O) groups is 1. The van der Waals surface area contributed by atoms with E-state index in [2.05, 4.69) is 43.4 Å². The maximum atomic E-state index is 11.8. The van der Waals surface area contributed by atoms with Gasteiger partial charge in [-0.25, -0.2) is 0 Å². The minimum atomic E-state index is -0.0706. The number of thioether (sulfide) groups is 1. The normalized spacial score (nSPS) is 11.0. The molecule has 0 unspecified atom stereocenters. The van der Waals surface area contributed by atoms with Gasteiger partial charge in [0.25, 0.3) is 0 Å². The van der Waals surface area contributed by atoms with Gasteiger partial charge in [0.05, 0.1) is 18.9 Å². The van der Waals surface area contributed by atoms with Gasteiger partial charge in [-0.15, -0.1) is 0 Å². The van der Waals surface area contributed by atoms with Crippen molar-refractivity contribution in [2.24, 2.45) is 0 Å². The number of benzene rings is 1. The highest BCUT2D eigenvalue weighted by Crippen LogP contribution is 2.15. The quantitative estimate of drug-likeness (QED) is 0.0569. The van der Waals surface area contributed by atoms with Crippen molar-refractivity contribution in [3.63, 3.8) is 0 Å². The molecule has 0 aliphatic rings. The molecule has 0 radical (unpaired) electrons. The van der Waals surface area contributed by atoms with Gasteiger partial charge in [-0.3, -0.25) is 10.2 Å². The molecule has 37 heavy (non-hydrogen) atoms. The average molecular weight is 533 g/mol. The van der Waals surface area contributed by atoms with Crippen LogP contribution in [0.15, 0.2) is 24.3 Å². The van der Waals surface area contributed by atoms with Gasteiger partial charge >= 0.3 is 5.97 Å². The fourth-order valence-corrected chi connectivity index (χ4v) is 5.24. The summed E-state index contributed by atoms with van der Waals surface area (Å²) in [4.78, 5) is 11.8. The van der Waals surface area contributed by atoms with Crippen LogP contribution in [0.5, 0.6) is 0 Å². The predicted molar refractivity (Wildman–Crippen MR) is 164 cm³/mol. The highest BCUT2D eigenvalue weighted by Gasteiger charge is 2.04. The maximum absolute atomic E-state index is 11.8. The van der Waals surface area contributed by atoms with Crippen LogP contribution >= 0.6 is 11.8 Å². The van der Waals surface area contributed by atoms with Crippen molar-refractivity contribution < 1.29 is 9.53 Å².